The summed E-state index contributed by atoms with van der Waals surface area (Å²) >= 11 is 0. The molecule has 2 heterocycles. The first-order valence-corrected chi connectivity index (χ1v) is 9.56. The largest absolute Gasteiger partial charge is 0.462 e. The Morgan fingerprint density at radius 1 is 1.15 bits per heavy atom. The fraction of sp³-hybridized carbons (Fsp3) is 0.429. The molecule has 0 unspecified atom stereocenters. The molecule has 1 aromatic carbocycles. The highest BCUT2D eigenvalue weighted by atomic mass is 16.5. The SMILES string of the molecule is CCC[C@H]1c2ccc(C)n2CCN1C(=O)Nc1ccccc1C(=O)OCC. The molecule has 0 fully saturated rings. The fourth-order valence-corrected chi connectivity index (χ4v) is 3.70. The first-order valence-electron chi connectivity index (χ1n) is 9.56. The maximum absolute atomic E-state index is 13.1. The third-order valence-electron chi connectivity index (χ3n) is 5.00. The molecule has 144 valence electrons. The number of urea groups is 1. The topological polar surface area (TPSA) is 63.6 Å². The van der Waals surface area contributed by atoms with Crippen LogP contribution < -0.4 is 5.32 Å². The van der Waals surface area contributed by atoms with E-state index in [1.165, 1.54) is 11.4 Å². The van der Waals surface area contributed by atoms with Crippen molar-refractivity contribution >= 4 is 17.7 Å². The first-order chi connectivity index (χ1) is 13.1. The van der Waals surface area contributed by atoms with Crippen molar-refractivity contribution < 1.29 is 14.3 Å². The van der Waals surface area contributed by atoms with E-state index >= 15 is 0 Å². The summed E-state index contributed by atoms with van der Waals surface area (Å²) in [4.78, 5) is 27.1. The van der Waals surface area contributed by atoms with Gasteiger partial charge in [-0.15, -0.1) is 0 Å². The Hall–Kier alpha value is -2.76. The molecular weight excluding hydrogens is 342 g/mol. The van der Waals surface area contributed by atoms with Crippen molar-refractivity contribution in [1.29, 1.82) is 0 Å². The van der Waals surface area contributed by atoms with Crippen LogP contribution in [0.3, 0.4) is 0 Å². The number of hydrogen-bond donors (Lipinski definition) is 1. The minimum Gasteiger partial charge on any atom is -0.462 e. The van der Waals surface area contributed by atoms with Crippen molar-refractivity contribution in [1.82, 2.24) is 9.47 Å². The summed E-state index contributed by atoms with van der Waals surface area (Å²) in [6.07, 6.45) is 1.88. The molecule has 0 bridgehead atoms. The molecule has 1 aliphatic rings. The van der Waals surface area contributed by atoms with Crippen molar-refractivity contribution in [2.45, 2.75) is 46.2 Å². The quantitative estimate of drug-likeness (QED) is 0.797. The van der Waals surface area contributed by atoms with E-state index in [0.29, 0.717) is 24.4 Å². The minimum absolute atomic E-state index is 0.0344. The van der Waals surface area contributed by atoms with E-state index < -0.39 is 5.97 Å². The normalized spacial score (nSPS) is 16.0. The minimum atomic E-state index is -0.429. The molecule has 1 aliphatic heterocycles. The third-order valence-corrected chi connectivity index (χ3v) is 5.00. The summed E-state index contributed by atoms with van der Waals surface area (Å²) in [5, 5.41) is 2.92. The molecule has 0 saturated carbocycles. The summed E-state index contributed by atoms with van der Waals surface area (Å²) in [6.45, 7) is 7.70. The number of fused-ring (bicyclic) bond motifs is 1. The molecule has 0 spiro atoms. The smallest absolute Gasteiger partial charge is 0.340 e. The lowest BCUT2D eigenvalue weighted by Crippen LogP contribution is -2.44. The van der Waals surface area contributed by atoms with Gasteiger partial charge in [-0.2, -0.15) is 0 Å². The number of esters is 1. The number of aryl methyl sites for hydroxylation is 1. The Kier molecular flexibility index (Phi) is 5.84. The van der Waals surface area contributed by atoms with Gasteiger partial charge in [0.25, 0.3) is 0 Å². The van der Waals surface area contributed by atoms with Crippen LogP contribution in [-0.2, 0) is 11.3 Å². The number of nitrogens with zero attached hydrogens (tertiary/aromatic N) is 2. The van der Waals surface area contributed by atoms with Gasteiger partial charge in [0.05, 0.1) is 23.9 Å². The van der Waals surface area contributed by atoms with Gasteiger partial charge in [-0.1, -0.05) is 25.5 Å². The molecule has 0 radical (unpaired) electrons. The summed E-state index contributed by atoms with van der Waals surface area (Å²) in [7, 11) is 0. The highest BCUT2D eigenvalue weighted by Crippen LogP contribution is 2.32. The fourth-order valence-electron chi connectivity index (χ4n) is 3.70. The molecular formula is C21H27N3O3. The van der Waals surface area contributed by atoms with Gasteiger partial charge in [0.2, 0.25) is 0 Å². The van der Waals surface area contributed by atoms with E-state index in [4.69, 9.17) is 4.74 Å². The van der Waals surface area contributed by atoms with Crippen molar-refractivity contribution in [3.05, 3.63) is 53.3 Å². The van der Waals surface area contributed by atoms with Crippen LogP contribution in [0.2, 0.25) is 0 Å². The highest BCUT2D eigenvalue weighted by molar-refractivity contribution is 6.00. The number of benzene rings is 1. The average molecular weight is 369 g/mol. The van der Waals surface area contributed by atoms with Crippen LogP contribution in [0.25, 0.3) is 0 Å². The Morgan fingerprint density at radius 2 is 1.93 bits per heavy atom. The molecule has 6 heteroatoms. The van der Waals surface area contributed by atoms with Crippen LogP contribution in [0.15, 0.2) is 36.4 Å². The van der Waals surface area contributed by atoms with Crippen LogP contribution in [0.1, 0.15) is 54.5 Å². The number of hydrogen-bond acceptors (Lipinski definition) is 3. The number of rotatable bonds is 5. The molecule has 0 aliphatic carbocycles. The van der Waals surface area contributed by atoms with Gasteiger partial charge in [0.15, 0.2) is 0 Å². The van der Waals surface area contributed by atoms with E-state index in [1.54, 1.807) is 31.2 Å². The van der Waals surface area contributed by atoms with Gasteiger partial charge in [0, 0.05) is 24.5 Å². The number of carbonyl (C=O) groups is 2. The number of anilines is 1. The molecule has 0 saturated heterocycles. The van der Waals surface area contributed by atoms with E-state index in [1.807, 2.05) is 4.90 Å². The number of amides is 2. The molecule has 2 amide bonds. The number of carbonyl (C=O) groups excluding carboxylic acids is 2. The molecule has 2 aromatic rings. The zero-order valence-corrected chi connectivity index (χ0v) is 16.2. The second-order valence-corrected chi connectivity index (χ2v) is 6.75. The average Bonchev–Trinajstić information content (AvgIpc) is 3.04. The lowest BCUT2D eigenvalue weighted by molar-refractivity contribution is 0.0527. The Balaban J connectivity index is 1.83. The van der Waals surface area contributed by atoms with E-state index in [9.17, 15) is 9.59 Å². The van der Waals surface area contributed by atoms with Crippen LogP contribution in [0.4, 0.5) is 10.5 Å². The highest BCUT2D eigenvalue weighted by Gasteiger charge is 2.31. The first kappa shape index (κ1) is 19.0. The van der Waals surface area contributed by atoms with Crippen molar-refractivity contribution in [3.8, 4) is 0 Å². The van der Waals surface area contributed by atoms with Gasteiger partial charge >= 0.3 is 12.0 Å². The zero-order valence-electron chi connectivity index (χ0n) is 16.2. The van der Waals surface area contributed by atoms with Crippen molar-refractivity contribution in [2.24, 2.45) is 0 Å². The van der Waals surface area contributed by atoms with Crippen molar-refractivity contribution in [2.75, 3.05) is 18.5 Å². The summed E-state index contributed by atoms with van der Waals surface area (Å²) in [5.74, 6) is -0.429. The van der Waals surface area contributed by atoms with E-state index in [0.717, 1.165) is 19.4 Å². The zero-order chi connectivity index (χ0) is 19.4. The number of para-hydroxylation sites is 1. The summed E-state index contributed by atoms with van der Waals surface area (Å²) in [5.41, 5.74) is 3.25. The second kappa shape index (κ2) is 8.29. The predicted molar refractivity (Wildman–Crippen MR) is 105 cm³/mol. The second-order valence-electron chi connectivity index (χ2n) is 6.75. The van der Waals surface area contributed by atoms with Crippen LogP contribution in [0, 0.1) is 6.92 Å². The monoisotopic (exact) mass is 369 g/mol. The molecule has 1 aromatic heterocycles. The van der Waals surface area contributed by atoms with Crippen molar-refractivity contribution in [3.63, 3.8) is 0 Å². The van der Waals surface area contributed by atoms with Gasteiger partial charge in [0.1, 0.15) is 0 Å². The summed E-state index contributed by atoms with van der Waals surface area (Å²) < 4.78 is 7.39. The maximum Gasteiger partial charge on any atom is 0.340 e. The maximum atomic E-state index is 13.1. The lowest BCUT2D eigenvalue weighted by atomic mass is 10.0. The van der Waals surface area contributed by atoms with Crippen LogP contribution >= 0.6 is 0 Å². The Morgan fingerprint density at radius 3 is 2.67 bits per heavy atom. The molecule has 3 rings (SSSR count). The molecule has 1 atom stereocenters. The number of aromatic nitrogens is 1. The molecule has 6 nitrogen and oxygen atoms in total. The number of ether oxygens (including phenoxy) is 1. The third kappa shape index (κ3) is 3.84. The van der Waals surface area contributed by atoms with Gasteiger partial charge in [-0.05, 0) is 44.5 Å². The van der Waals surface area contributed by atoms with Gasteiger partial charge < -0.3 is 19.5 Å². The summed E-state index contributed by atoms with van der Waals surface area (Å²) in [6, 6.07) is 11.0. The standard InChI is InChI=1S/C21H27N3O3/c1-4-8-18-19-12-11-15(3)23(19)13-14-24(18)21(26)22-17-10-7-6-9-16(17)20(25)27-5-2/h6-7,9-12,18H,4-5,8,13-14H2,1-3H3,(H,22,26)/t18-/m0/s1. The van der Waals surface area contributed by atoms with Gasteiger partial charge in [-0.25, -0.2) is 9.59 Å². The van der Waals surface area contributed by atoms with E-state index in [-0.39, 0.29) is 12.1 Å². The Bertz CT molecular complexity index is 828. The van der Waals surface area contributed by atoms with Crippen LogP contribution in [0.5, 0.6) is 0 Å². The predicted octanol–water partition coefficient (Wildman–Crippen LogP) is 4.36. The lowest BCUT2D eigenvalue weighted by Gasteiger charge is -2.37. The Labute approximate surface area is 160 Å². The van der Waals surface area contributed by atoms with Gasteiger partial charge in [-0.3, -0.25) is 0 Å². The number of nitrogens with one attached hydrogen (secondary N) is 1. The van der Waals surface area contributed by atoms with E-state index in [2.05, 4.69) is 35.9 Å². The molecule has 1 N–H and O–H groups in total. The van der Waals surface area contributed by atoms with Crippen LogP contribution in [-0.4, -0.2) is 34.6 Å². The molecule has 27 heavy (non-hydrogen) atoms.